The minimum absolute atomic E-state index is 0.102. The molecule has 2 heteroatoms. The van der Waals surface area contributed by atoms with Crippen LogP contribution in [0.3, 0.4) is 0 Å². The van der Waals surface area contributed by atoms with Crippen LogP contribution in [-0.2, 0) is 0 Å². The fourth-order valence-electron chi connectivity index (χ4n) is 1.09. The fourth-order valence-corrected chi connectivity index (χ4v) is 1.35. The van der Waals surface area contributed by atoms with Crippen LogP contribution in [0.2, 0.25) is 5.02 Å². The highest BCUT2D eigenvalue weighted by Crippen LogP contribution is 2.28. The molecular weight excluding hydrogens is 182 g/mol. The van der Waals surface area contributed by atoms with Crippen molar-refractivity contribution in [2.24, 2.45) is 0 Å². The summed E-state index contributed by atoms with van der Waals surface area (Å²) in [7, 11) is 2.06. The second-order valence-corrected chi connectivity index (χ2v) is 4.59. The molecule has 0 N–H and O–H groups in total. The van der Waals surface area contributed by atoms with E-state index in [2.05, 4.69) is 32.7 Å². The van der Waals surface area contributed by atoms with E-state index < -0.39 is 0 Å². The Kier molecular flexibility index (Phi) is 2.87. The van der Waals surface area contributed by atoms with E-state index >= 15 is 0 Å². The van der Waals surface area contributed by atoms with E-state index in [-0.39, 0.29) is 5.54 Å². The number of anilines is 1. The average Bonchev–Trinajstić information content (AvgIpc) is 2.02. The van der Waals surface area contributed by atoms with Gasteiger partial charge in [0.1, 0.15) is 0 Å². The lowest BCUT2D eigenvalue weighted by Gasteiger charge is -2.34. The molecule has 0 saturated heterocycles. The van der Waals surface area contributed by atoms with Gasteiger partial charge in [-0.2, -0.15) is 0 Å². The van der Waals surface area contributed by atoms with Crippen LogP contribution < -0.4 is 4.90 Å². The van der Waals surface area contributed by atoms with Crippen LogP contribution in [-0.4, -0.2) is 12.6 Å². The van der Waals surface area contributed by atoms with Gasteiger partial charge in [-0.1, -0.05) is 23.7 Å². The van der Waals surface area contributed by atoms with E-state index in [0.29, 0.717) is 0 Å². The van der Waals surface area contributed by atoms with Crippen LogP contribution in [0.15, 0.2) is 24.3 Å². The van der Waals surface area contributed by atoms with Gasteiger partial charge in [0.2, 0.25) is 0 Å². The molecule has 0 aliphatic carbocycles. The van der Waals surface area contributed by atoms with Crippen LogP contribution in [0.4, 0.5) is 5.69 Å². The van der Waals surface area contributed by atoms with Gasteiger partial charge in [-0.15, -0.1) is 0 Å². The van der Waals surface area contributed by atoms with Crippen LogP contribution in [0.25, 0.3) is 0 Å². The average molecular weight is 198 g/mol. The Hall–Kier alpha value is -0.690. The van der Waals surface area contributed by atoms with Crippen molar-refractivity contribution < 1.29 is 0 Å². The number of nitrogens with zero attached hydrogens (tertiary/aromatic N) is 1. The standard InChI is InChI=1S/C11H16ClN/c1-11(2,3)13(4)10-8-6-5-7-9(10)12/h5-8H,1-4H3. The summed E-state index contributed by atoms with van der Waals surface area (Å²) in [5.74, 6) is 0. The van der Waals surface area contributed by atoms with Gasteiger partial charge in [0, 0.05) is 12.6 Å². The molecule has 0 amide bonds. The van der Waals surface area contributed by atoms with Gasteiger partial charge in [-0.05, 0) is 32.9 Å². The van der Waals surface area contributed by atoms with Crippen molar-refractivity contribution in [3.05, 3.63) is 29.3 Å². The highest BCUT2D eigenvalue weighted by molar-refractivity contribution is 6.33. The molecule has 0 saturated carbocycles. The first-order valence-electron chi connectivity index (χ1n) is 4.41. The zero-order chi connectivity index (χ0) is 10.1. The third-order valence-electron chi connectivity index (χ3n) is 2.22. The predicted octanol–water partition coefficient (Wildman–Crippen LogP) is 3.57. The highest BCUT2D eigenvalue weighted by Gasteiger charge is 2.18. The molecule has 13 heavy (non-hydrogen) atoms. The molecule has 0 spiro atoms. The SMILES string of the molecule is CN(c1ccccc1Cl)C(C)(C)C. The molecule has 0 aliphatic heterocycles. The van der Waals surface area contributed by atoms with E-state index in [0.717, 1.165) is 10.7 Å². The molecule has 0 atom stereocenters. The van der Waals surface area contributed by atoms with Gasteiger partial charge in [0.25, 0.3) is 0 Å². The van der Waals surface area contributed by atoms with Crippen LogP contribution in [0.5, 0.6) is 0 Å². The molecule has 1 aromatic carbocycles. The van der Waals surface area contributed by atoms with Crippen molar-refractivity contribution in [3.63, 3.8) is 0 Å². The molecule has 1 aromatic rings. The second-order valence-electron chi connectivity index (χ2n) is 4.18. The molecule has 0 fully saturated rings. The Bertz CT molecular complexity index is 288. The monoisotopic (exact) mass is 197 g/mol. The zero-order valence-corrected chi connectivity index (χ0v) is 9.39. The summed E-state index contributed by atoms with van der Waals surface area (Å²) in [6.45, 7) is 6.49. The third-order valence-corrected chi connectivity index (χ3v) is 2.54. The highest BCUT2D eigenvalue weighted by atomic mass is 35.5. The lowest BCUT2D eigenvalue weighted by molar-refractivity contribution is 0.539. The maximum Gasteiger partial charge on any atom is 0.0639 e. The molecule has 72 valence electrons. The fraction of sp³-hybridized carbons (Fsp3) is 0.455. The van der Waals surface area contributed by atoms with Crippen molar-refractivity contribution in [1.29, 1.82) is 0 Å². The molecule has 0 bridgehead atoms. The summed E-state index contributed by atoms with van der Waals surface area (Å²) < 4.78 is 0. The molecule has 1 rings (SSSR count). The zero-order valence-electron chi connectivity index (χ0n) is 8.63. The number of hydrogen-bond donors (Lipinski definition) is 0. The summed E-state index contributed by atoms with van der Waals surface area (Å²) in [5.41, 5.74) is 1.18. The van der Waals surface area contributed by atoms with E-state index in [1.165, 1.54) is 0 Å². The van der Waals surface area contributed by atoms with Gasteiger partial charge in [-0.25, -0.2) is 0 Å². The summed E-state index contributed by atoms with van der Waals surface area (Å²) in [4.78, 5) is 2.18. The van der Waals surface area contributed by atoms with Gasteiger partial charge in [0.05, 0.1) is 10.7 Å². The molecule has 0 unspecified atom stereocenters. The Morgan fingerprint density at radius 2 is 1.69 bits per heavy atom. The van der Waals surface area contributed by atoms with Crippen LogP contribution in [0.1, 0.15) is 20.8 Å². The Labute approximate surface area is 85.3 Å². The van der Waals surface area contributed by atoms with Gasteiger partial charge in [0.15, 0.2) is 0 Å². The van der Waals surface area contributed by atoms with Crippen LogP contribution in [0, 0.1) is 0 Å². The van der Waals surface area contributed by atoms with E-state index in [4.69, 9.17) is 11.6 Å². The smallest absolute Gasteiger partial charge is 0.0639 e. The van der Waals surface area contributed by atoms with Crippen molar-refractivity contribution in [2.45, 2.75) is 26.3 Å². The Morgan fingerprint density at radius 1 is 1.15 bits per heavy atom. The first-order chi connectivity index (χ1) is 5.93. The Morgan fingerprint density at radius 3 is 2.15 bits per heavy atom. The lowest BCUT2D eigenvalue weighted by Crippen LogP contribution is -2.38. The van der Waals surface area contributed by atoms with Crippen LogP contribution >= 0.6 is 11.6 Å². The van der Waals surface area contributed by atoms with Crippen molar-refractivity contribution in [2.75, 3.05) is 11.9 Å². The molecule has 1 nitrogen and oxygen atoms in total. The quantitative estimate of drug-likeness (QED) is 0.666. The van der Waals surface area contributed by atoms with Crippen molar-refractivity contribution in [3.8, 4) is 0 Å². The molecular formula is C11H16ClN. The first kappa shape index (κ1) is 10.4. The maximum absolute atomic E-state index is 6.08. The first-order valence-corrected chi connectivity index (χ1v) is 4.79. The summed E-state index contributed by atoms with van der Waals surface area (Å²) in [6.07, 6.45) is 0. The minimum Gasteiger partial charge on any atom is -0.369 e. The Balaban J connectivity index is 3.02. The predicted molar refractivity (Wildman–Crippen MR) is 59.6 cm³/mol. The number of para-hydroxylation sites is 1. The molecule has 0 aromatic heterocycles. The van der Waals surface area contributed by atoms with Crippen molar-refractivity contribution >= 4 is 17.3 Å². The topological polar surface area (TPSA) is 3.24 Å². The third kappa shape index (κ3) is 2.38. The van der Waals surface area contributed by atoms with Gasteiger partial charge < -0.3 is 4.90 Å². The number of hydrogen-bond acceptors (Lipinski definition) is 1. The normalized spacial score (nSPS) is 11.5. The number of rotatable bonds is 1. The van der Waals surface area contributed by atoms with E-state index in [1.807, 2.05) is 24.3 Å². The second kappa shape index (κ2) is 3.59. The minimum atomic E-state index is 0.102. The number of benzene rings is 1. The molecule has 0 radical (unpaired) electrons. The van der Waals surface area contributed by atoms with E-state index in [9.17, 15) is 0 Å². The summed E-state index contributed by atoms with van der Waals surface area (Å²) in [6, 6.07) is 7.90. The summed E-state index contributed by atoms with van der Waals surface area (Å²) in [5, 5.41) is 0.805. The maximum atomic E-state index is 6.08. The summed E-state index contributed by atoms with van der Waals surface area (Å²) >= 11 is 6.08. The van der Waals surface area contributed by atoms with Gasteiger partial charge in [-0.3, -0.25) is 0 Å². The molecule has 0 heterocycles. The van der Waals surface area contributed by atoms with E-state index in [1.54, 1.807) is 0 Å². The number of halogens is 1. The molecule has 0 aliphatic rings. The lowest BCUT2D eigenvalue weighted by atomic mass is 10.1. The largest absolute Gasteiger partial charge is 0.369 e. The van der Waals surface area contributed by atoms with Crippen molar-refractivity contribution in [1.82, 2.24) is 0 Å². The van der Waals surface area contributed by atoms with Gasteiger partial charge >= 0.3 is 0 Å².